The van der Waals surface area contributed by atoms with Crippen molar-refractivity contribution in [2.24, 2.45) is 0 Å². The van der Waals surface area contributed by atoms with Crippen LogP contribution in [-0.2, 0) is 11.3 Å². The Bertz CT molecular complexity index is 363. The first-order chi connectivity index (χ1) is 8.65. The van der Waals surface area contributed by atoms with Gasteiger partial charge in [-0.15, -0.1) is 0 Å². The molecule has 0 saturated heterocycles. The molecule has 3 N–H and O–H groups in total. The molecule has 6 nitrogen and oxygen atoms in total. The van der Waals surface area contributed by atoms with E-state index in [-0.39, 0.29) is 5.91 Å². The second kappa shape index (κ2) is 7.71. The molecule has 0 aliphatic rings. The fourth-order valence-electron chi connectivity index (χ4n) is 1.76. The number of aromatic nitrogens is 2. The molecule has 0 aliphatic heterocycles. The number of aryl methyl sites for hydroxylation is 1. The van der Waals surface area contributed by atoms with Gasteiger partial charge in [0.2, 0.25) is 5.91 Å². The first kappa shape index (κ1) is 14.5. The summed E-state index contributed by atoms with van der Waals surface area (Å²) in [5.74, 6) is 0.632. The number of likely N-dealkylation sites (N-methyl/N-ethyl adjacent to an activating group) is 2. The Morgan fingerprint density at radius 1 is 1.56 bits per heavy atom. The van der Waals surface area contributed by atoms with E-state index in [0.29, 0.717) is 18.9 Å². The molecule has 1 aromatic rings. The second-order valence-corrected chi connectivity index (χ2v) is 4.18. The van der Waals surface area contributed by atoms with E-state index in [2.05, 4.69) is 22.2 Å². The molecule has 1 aromatic heterocycles. The molecule has 1 amide bonds. The predicted octanol–water partition coefficient (Wildman–Crippen LogP) is 0.313. The van der Waals surface area contributed by atoms with E-state index in [4.69, 9.17) is 5.73 Å². The number of rotatable bonds is 8. The molecule has 0 aliphatic carbocycles. The predicted molar refractivity (Wildman–Crippen MR) is 72.1 cm³/mol. The van der Waals surface area contributed by atoms with E-state index < -0.39 is 0 Å². The van der Waals surface area contributed by atoms with E-state index in [1.54, 1.807) is 6.07 Å². The highest BCUT2D eigenvalue weighted by atomic mass is 16.2. The fourth-order valence-corrected chi connectivity index (χ4v) is 1.76. The van der Waals surface area contributed by atoms with Crippen LogP contribution in [-0.4, -0.2) is 46.8 Å². The number of nitrogens with one attached hydrogen (secondary N) is 1. The fraction of sp³-hybridized carbons (Fsp3) is 0.667. The standard InChI is InChI=1S/C12H23N5O/c1-3-14-12(18)10-16(4-2)7-5-8-17-9-6-11(13)15-17/h6,9H,3-5,7-8,10H2,1-2H3,(H2,13,15)(H,14,18). The minimum atomic E-state index is 0.0858. The molecule has 0 saturated carbocycles. The van der Waals surface area contributed by atoms with Crippen LogP contribution in [0, 0.1) is 0 Å². The molecular formula is C12H23N5O. The number of hydrogen-bond acceptors (Lipinski definition) is 4. The highest BCUT2D eigenvalue weighted by Gasteiger charge is 2.07. The molecule has 0 fully saturated rings. The maximum Gasteiger partial charge on any atom is 0.234 e. The summed E-state index contributed by atoms with van der Waals surface area (Å²) in [6, 6.07) is 1.78. The molecule has 1 heterocycles. The lowest BCUT2D eigenvalue weighted by molar-refractivity contribution is -0.122. The van der Waals surface area contributed by atoms with E-state index in [1.165, 1.54) is 0 Å². The van der Waals surface area contributed by atoms with Gasteiger partial charge in [-0.05, 0) is 26.0 Å². The first-order valence-electron chi connectivity index (χ1n) is 6.43. The number of carbonyl (C=O) groups is 1. The van der Waals surface area contributed by atoms with Crippen molar-refractivity contribution in [1.29, 1.82) is 0 Å². The average molecular weight is 253 g/mol. The van der Waals surface area contributed by atoms with Crippen molar-refractivity contribution in [2.75, 3.05) is 31.9 Å². The van der Waals surface area contributed by atoms with Gasteiger partial charge in [0.15, 0.2) is 0 Å². The van der Waals surface area contributed by atoms with Crippen LogP contribution in [0.3, 0.4) is 0 Å². The largest absolute Gasteiger partial charge is 0.382 e. The molecule has 0 spiro atoms. The summed E-state index contributed by atoms with van der Waals surface area (Å²) in [7, 11) is 0. The Kier molecular flexibility index (Phi) is 6.21. The molecule has 18 heavy (non-hydrogen) atoms. The highest BCUT2D eigenvalue weighted by Crippen LogP contribution is 1.98. The van der Waals surface area contributed by atoms with Crippen molar-refractivity contribution >= 4 is 11.7 Å². The van der Waals surface area contributed by atoms with Crippen molar-refractivity contribution in [2.45, 2.75) is 26.8 Å². The van der Waals surface area contributed by atoms with Crippen molar-refractivity contribution < 1.29 is 4.79 Å². The first-order valence-corrected chi connectivity index (χ1v) is 6.43. The summed E-state index contributed by atoms with van der Waals surface area (Å²) in [6.45, 7) is 7.71. The van der Waals surface area contributed by atoms with Crippen LogP contribution in [0.4, 0.5) is 5.82 Å². The number of nitrogens with zero attached hydrogens (tertiary/aromatic N) is 3. The van der Waals surface area contributed by atoms with Gasteiger partial charge in [0.25, 0.3) is 0 Å². The molecule has 6 heteroatoms. The second-order valence-electron chi connectivity index (χ2n) is 4.18. The van der Waals surface area contributed by atoms with E-state index in [1.807, 2.05) is 17.8 Å². The zero-order valence-electron chi connectivity index (χ0n) is 11.2. The maximum atomic E-state index is 11.5. The summed E-state index contributed by atoms with van der Waals surface area (Å²) in [4.78, 5) is 13.6. The van der Waals surface area contributed by atoms with Crippen molar-refractivity contribution in [3.05, 3.63) is 12.3 Å². The summed E-state index contributed by atoms with van der Waals surface area (Å²) in [5, 5.41) is 6.93. The number of hydrogen-bond donors (Lipinski definition) is 2. The molecule has 0 bridgehead atoms. The van der Waals surface area contributed by atoms with Gasteiger partial charge in [0.05, 0.1) is 6.54 Å². The van der Waals surface area contributed by atoms with Gasteiger partial charge in [0, 0.05) is 25.8 Å². The van der Waals surface area contributed by atoms with Crippen LogP contribution in [0.1, 0.15) is 20.3 Å². The number of anilines is 1. The molecule has 0 aromatic carbocycles. The Labute approximate surface area is 108 Å². The zero-order chi connectivity index (χ0) is 13.4. The van der Waals surface area contributed by atoms with Gasteiger partial charge in [-0.3, -0.25) is 14.4 Å². The minimum Gasteiger partial charge on any atom is -0.382 e. The van der Waals surface area contributed by atoms with Gasteiger partial charge < -0.3 is 11.1 Å². The zero-order valence-corrected chi connectivity index (χ0v) is 11.2. The third kappa shape index (κ3) is 5.18. The molecule has 0 radical (unpaired) electrons. The van der Waals surface area contributed by atoms with Crippen molar-refractivity contribution in [3.8, 4) is 0 Å². The SMILES string of the molecule is CCNC(=O)CN(CC)CCCn1ccc(N)n1. The lowest BCUT2D eigenvalue weighted by Gasteiger charge is -2.19. The number of amides is 1. The van der Waals surface area contributed by atoms with E-state index in [9.17, 15) is 4.79 Å². The Morgan fingerprint density at radius 3 is 2.89 bits per heavy atom. The van der Waals surface area contributed by atoms with Gasteiger partial charge in [0.1, 0.15) is 5.82 Å². The third-order valence-corrected chi connectivity index (χ3v) is 2.71. The van der Waals surface area contributed by atoms with Crippen LogP contribution >= 0.6 is 0 Å². The van der Waals surface area contributed by atoms with Crippen LogP contribution < -0.4 is 11.1 Å². The molecular weight excluding hydrogens is 230 g/mol. The van der Waals surface area contributed by atoms with Gasteiger partial charge in [-0.1, -0.05) is 6.92 Å². The Balaban J connectivity index is 2.24. The van der Waals surface area contributed by atoms with Crippen LogP contribution in [0.15, 0.2) is 12.3 Å². The Hall–Kier alpha value is -1.56. The molecule has 0 unspecified atom stereocenters. The number of nitrogens with two attached hydrogens (primary N) is 1. The minimum absolute atomic E-state index is 0.0858. The van der Waals surface area contributed by atoms with Crippen LogP contribution in [0.2, 0.25) is 0 Å². The smallest absolute Gasteiger partial charge is 0.234 e. The van der Waals surface area contributed by atoms with Gasteiger partial charge in [-0.2, -0.15) is 5.10 Å². The van der Waals surface area contributed by atoms with E-state index in [0.717, 1.165) is 26.1 Å². The number of carbonyl (C=O) groups excluding carboxylic acids is 1. The average Bonchev–Trinajstić information content (AvgIpc) is 2.74. The number of nitrogen functional groups attached to an aromatic ring is 1. The summed E-state index contributed by atoms with van der Waals surface area (Å²) in [6.07, 6.45) is 2.82. The summed E-state index contributed by atoms with van der Waals surface area (Å²) >= 11 is 0. The third-order valence-electron chi connectivity index (χ3n) is 2.71. The Morgan fingerprint density at radius 2 is 2.33 bits per heavy atom. The van der Waals surface area contributed by atoms with Crippen molar-refractivity contribution in [3.63, 3.8) is 0 Å². The molecule has 102 valence electrons. The van der Waals surface area contributed by atoms with Crippen LogP contribution in [0.5, 0.6) is 0 Å². The quantitative estimate of drug-likeness (QED) is 0.699. The highest BCUT2D eigenvalue weighted by molar-refractivity contribution is 5.77. The van der Waals surface area contributed by atoms with E-state index >= 15 is 0 Å². The topological polar surface area (TPSA) is 76.2 Å². The van der Waals surface area contributed by atoms with Gasteiger partial charge in [-0.25, -0.2) is 0 Å². The van der Waals surface area contributed by atoms with Gasteiger partial charge >= 0.3 is 0 Å². The molecule has 0 atom stereocenters. The monoisotopic (exact) mass is 253 g/mol. The summed E-state index contributed by atoms with van der Waals surface area (Å²) < 4.78 is 1.83. The maximum absolute atomic E-state index is 11.5. The van der Waals surface area contributed by atoms with Crippen LogP contribution in [0.25, 0.3) is 0 Å². The van der Waals surface area contributed by atoms with Crippen molar-refractivity contribution in [1.82, 2.24) is 20.0 Å². The molecule has 1 rings (SSSR count). The normalized spacial score (nSPS) is 10.8. The lowest BCUT2D eigenvalue weighted by atomic mass is 10.3. The summed E-state index contributed by atoms with van der Waals surface area (Å²) in [5.41, 5.74) is 5.54. The lowest BCUT2D eigenvalue weighted by Crippen LogP contribution is -2.37.